The average Bonchev–Trinajstić information content (AvgIpc) is 3.36. The predicted molar refractivity (Wildman–Crippen MR) is 154 cm³/mol. The van der Waals surface area contributed by atoms with Crippen LogP contribution in [0, 0.1) is 13.8 Å². The summed E-state index contributed by atoms with van der Waals surface area (Å²) < 4.78 is 1.78. The highest BCUT2D eigenvalue weighted by Crippen LogP contribution is 2.27. The van der Waals surface area contributed by atoms with Gasteiger partial charge in [0, 0.05) is 61.1 Å². The van der Waals surface area contributed by atoms with Crippen molar-refractivity contribution in [2.75, 3.05) is 33.2 Å². The van der Waals surface area contributed by atoms with E-state index in [1.54, 1.807) is 16.9 Å². The van der Waals surface area contributed by atoms with Crippen LogP contribution in [-0.2, 0) is 6.54 Å². The molecule has 2 N–H and O–H groups in total. The lowest BCUT2D eigenvalue weighted by Crippen LogP contribution is -2.47. The minimum atomic E-state index is -0.332. The number of rotatable bonds is 6. The highest BCUT2D eigenvalue weighted by molar-refractivity contribution is 6.06. The van der Waals surface area contributed by atoms with Crippen molar-refractivity contribution in [2.45, 2.75) is 40.3 Å². The summed E-state index contributed by atoms with van der Waals surface area (Å²) in [6, 6.07) is 11.0. The number of carbonyl (C=O) groups is 2. The second-order valence-electron chi connectivity index (χ2n) is 10.8. The van der Waals surface area contributed by atoms with Crippen molar-refractivity contribution in [3.05, 3.63) is 80.9 Å². The SMILES string of the molecule is Cc1cc(C)c(CNC(=O)c2cc(-c3cccc(C(=O)N4CCN(C)CC4)c3)nc3c2cnn3C(C)C)c(=O)[nH]1. The van der Waals surface area contributed by atoms with Crippen molar-refractivity contribution in [1.82, 2.24) is 34.9 Å². The normalized spacial score (nSPS) is 14.2. The second-order valence-corrected chi connectivity index (χ2v) is 10.8. The molecule has 0 radical (unpaired) electrons. The Balaban J connectivity index is 1.50. The van der Waals surface area contributed by atoms with Gasteiger partial charge in [-0.3, -0.25) is 14.4 Å². The molecular weight excluding hydrogens is 506 g/mol. The first-order valence-electron chi connectivity index (χ1n) is 13.6. The first-order valence-corrected chi connectivity index (χ1v) is 13.6. The van der Waals surface area contributed by atoms with Crippen molar-refractivity contribution >= 4 is 22.8 Å². The maximum atomic E-state index is 13.5. The Morgan fingerprint density at radius 1 is 1.07 bits per heavy atom. The lowest BCUT2D eigenvalue weighted by Gasteiger charge is -2.32. The molecule has 5 rings (SSSR count). The van der Waals surface area contributed by atoms with E-state index in [0.717, 1.165) is 29.9 Å². The standard InChI is InChI=1S/C30H35N7O3/c1-18(2)37-27-25(17-32-37)23(28(38)31-16-24-19(3)13-20(4)33-29(24)39)15-26(34-27)21-7-6-8-22(14-21)30(40)36-11-9-35(5)10-12-36/h6-8,13-15,17-18H,9-12,16H2,1-5H3,(H,31,38)(H,33,39). The molecule has 10 heteroatoms. The van der Waals surface area contributed by atoms with Crippen LogP contribution in [0.1, 0.15) is 57.4 Å². The number of aryl methyl sites for hydroxylation is 2. The van der Waals surface area contributed by atoms with Crippen molar-refractivity contribution in [3.63, 3.8) is 0 Å². The average molecular weight is 542 g/mol. The zero-order valence-corrected chi connectivity index (χ0v) is 23.6. The monoisotopic (exact) mass is 541 g/mol. The van der Waals surface area contributed by atoms with Crippen LogP contribution in [0.2, 0.25) is 0 Å². The van der Waals surface area contributed by atoms with Gasteiger partial charge >= 0.3 is 0 Å². The van der Waals surface area contributed by atoms with E-state index in [9.17, 15) is 14.4 Å². The summed E-state index contributed by atoms with van der Waals surface area (Å²) in [5, 5.41) is 8.03. The smallest absolute Gasteiger partial charge is 0.253 e. The van der Waals surface area contributed by atoms with Crippen molar-refractivity contribution in [1.29, 1.82) is 0 Å². The fourth-order valence-electron chi connectivity index (χ4n) is 5.10. The molecule has 1 saturated heterocycles. The van der Waals surface area contributed by atoms with E-state index in [4.69, 9.17) is 4.98 Å². The van der Waals surface area contributed by atoms with Crippen molar-refractivity contribution in [2.24, 2.45) is 0 Å². The molecule has 40 heavy (non-hydrogen) atoms. The first kappa shape index (κ1) is 27.3. The maximum Gasteiger partial charge on any atom is 0.253 e. The summed E-state index contributed by atoms with van der Waals surface area (Å²) in [6.07, 6.45) is 1.65. The van der Waals surface area contributed by atoms with E-state index in [0.29, 0.717) is 46.5 Å². The van der Waals surface area contributed by atoms with Crippen LogP contribution in [-0.4, -0.2) is 74.6 Å². The third-order valence-electron chi connectivity index (χ3n) is 7.42. The largest absolute Gasteiger partial charge is 0.348 e. The highest BCUT2D eigenvalue weighted by Gasteiger charge is 2.22. The lowest BCUT2D eigenvalue weighted by atomic mass is 10.0. The molecule has 1 aromatic carbocycles. The molecule has 1 aliphatic rings. The number of pyridine rings is 2. The number of aromatic nitrogens is 4. The number of amides is 2. The number of hydrogen-bond donors (Lipinski definition) is 2. The molecule has 208 valence electrons. The van der Waals surface area contributed by atoms with Crippen LogP contribution in [0.3, 0.4) is 0 Å². The maximum absolute atomic E-state index is 13.5. The quantitative estimate of drug-likeness (QED) is 0.387. The first-order chi connectivity index (χ1) is 19.1. The Labute approximate surface area is 233 Å². The molecule has 1 aliphatic heterocycles. The van der Waals surface area contributed by atoms with E-state index in [1.807, 2.05) is 62.9 Å². The molecule has 0 atom stereocenters. The van der Waals surface area contributed by atoms with Crippen LogP contribution in [0.4, 0.5) is 0 Å². The van der Waals surface area contributed by atoms with Gasteiger partial charge in [0.1, 0.15) is 0 Å². The Bertz CT molecular complexity index is 1650. The molecule has 10 nitrogen and oxygen atoms in total. The zero-order chi connectivity index (χ0) is 28.6. The van der Waals surface area contributed by atoms with Gasteiger partial charge in [-0.25, -0.2) is 9.67 Å². The molecule has 4 heterocycles. The van der Waals surface area contributed by atoms with Gasteiger partial charge in [0.2, 0.25) is 0 Å². The second kappa shape index (κ2) is 11.1. The molecule has 0 unspecified atom stereocenters. The lowest BCUT2D eigenvalue weighted by molar-refractivity contribution is 0.0664. The van der Waals surface area contributed by atoms with Gasteiger partial charge in [-0.15, -0.1) is 0 Å². The molecule has 0 bridgehead atoms. The Morgan fingerprint density at radius 3 is 2.52 bits per heavy atom. The van der Waals surface area contributed by atoms with Crippen molar-refractivity contribution < 1.29 is 9.59 Å². The summed E-state index contributed by atoms with van der Waals surface area (Å²) in [7, 11) is 2.06. The summed E-state index contributed by atoms with van der Waals surface area (Å²) in [6.45, 7) is 10.8. The molecule has 1 fully saturated rings. The van der Waals surface area contributed by atoms with Crippen LogP contribution in [0.5, 0.6) is 0 Å². The molecule has 0 saturated carbocycles. The van der Waals surface area contributed by atoms with Crippen LogP contribution in [0.15, 0.2) is 47.4 Å². The number of carbonyl (C=O) groups excluding carboxylic acids is 2. The minimum Gasteiger partial charge on any atom is -0.348 e. The Hall–Kier alpha value is -4.31. The number of nitrogens with one attached hydrogen (secondary N) is 2. The molecule has 0 aliphatic carbocycles. The van der Waals surface area contributed by atoms with Crippen LogP contribution < -0.4 is 10.9 Å². The van der Waals surface area contributed by atoms with Gasteiger partial charge in [0.25, 0.3) is 17.4 Å². The number of likely N-dealkylation sites (N-methyl/N-ethyl adjacent to an activating group) is 1. The summed E-state index contributed by atoms with van der Waals surface area (Å²) in [5.41, 5.74) is 4.76. The number of hydrogen-bond acceptors (Lipinski definition) is 6. The third kappa shape index (κ3) is 5.40. The number of aromatic amines is 1. The highest BCUT2D eigenvalue weighted by atomic mass is 16.2. The fourth-order valence-corrected chi connectivity index (χ4v) is 5.10. The van der Waals surface area contributed by atoms with Gasteiger partial charge in [-0.1, -0.05) is 12.1 Å². The zero-order valence-electron chi connectivity index (χ0n) is 23.6. The topological polar surface area (TPSA) is 116 Å². The van der Waals surface area contributed by atoms with Gasteiger partial charge in [0.15, 0.2) is 5.65 Å². The molecule has 2 amide bonds. The fraction of sp³-hybridized carbons (Fsp3) is 0.367. The number of fused-ring (bicyclic) bond motifs is 1. The molecule has 0 spiro atoms. The van der Waals surface area contributed by atoms with Crippen molar-refractivity contribution in [3.8, 4) is 11.3 Å². The molecule has 4 aromatic rings. The van der Waals surface area contributed by atoms with Gasteiger partial charge in [0.05, 0.1) is 22.8 Å². The number of benzene rings is 1. The summed E-state index contributed by atoms with van der Waals surface area (Å²) in [4.78, 5) is 51.0. The van der Waals surface area contributed by atoms with Crippen LogP contribution in [0.25, 0.3) is 22.3 Å². The predicted octanol–water partition coefficient (Wildman–Crippen LogP) is 3.30. The van der Waals surface area contributed by atoms with Crippen LogP contribution >= 0.6 is 0 Å². The minimum absolute atomic E-state index is 0.0140. The number of piperazine rings is 1. The van der Waals surface area contributed by atoms with Gasteiger partial charge in [-0.05, 0) is 64.6 Å². The number of H-pyrrole nitrogens is 1. The Morgan fingerprint density at radius 2 is 1.82 bits per heavy atom. The van der Waals surface area contributed by atoms with E-state index >= 15 is 0 Å². The third-order valence-corrected chi connectivity index (χ3v) is 7.42. The van der Waals surface area contributed by atoms with Gasteiger partial charge < -0.3 is 20.1 Å². The molecule has 3 aromatic heterocycles. The summed E-state index contributed by atoms with van der Waals surface area (Å²) in [5.74, 6) is -0.346. The van der Waals surface area contributed by atoms with E-state index in [1.165, 1.54) is 0 Å². The number of nitrogens with zero attached hydrogens (tertiary/aromatic N) is 5. The summed E-state index contributed by atoms with van der Waals surface area (Å²) >= 11 is 0. The Kier molecular flexibility index (Phi) is 7.53. The van der Waals surface area contributed by atoms with E-state index < -0.39 is 0 Å². The molecular formula is C30H35N7O3. The van der Waals surface area contributed by atoms with E-state index in [2.05, 4.69) is 27.3 Å². The van der Waals surface area contributed by atoms with Gasteiger partial charge in [-0.2, -0.15) is 5.10 Å². The van der Waals surface area contributed by atoms with E-state index in [-0.39, 0.29) is 30.0 Å².